The smallest absolute Gasteiger partial charge is 0.257 e. The molecule has 0 saturated carbocycles. The molecule has 2 aliphatic rings. The van der Waals surface area contributed by atoms with Gasteiger partial charge in [-0.3, -0.25) is 9.48 Å². The first kappa shape index (κ1) is 15.1. The molecule has 0 unspecified atom stereocenters. The fourth-order valence-electron chi connectivity index (χ4n) is 3.40. The molecule has 1 fully saturated rings. The number of piperidine rings is 1. The molecular weight excluding hydrogens is 306 g/mol. The third-order valence-corrected chi connectivity index (χ3v) is 4.59. The summed E-state index contributed by atoms with van der Waals surface area (Å²) in [5.41, 5.74) is 1.73. The normalized spacial score (nSPS) is 20.0. The first-order chi connectivity index (χ1) is 11.7. The van der Waals surface area contributed by atoms with Crippen molar-refractivity contribution in [1.29, 1.82) is 0 Å². The molecular formula is C18H21N3O3. The molecule has 126 valence electrons. The highest BCUT2D eigenvalue weighted by molar-refractivity contribution is 5.98. The van der Waals surface area contributed by atoms with E-state index >= 15 is 0 Å². The Labute approximate surface area is 141 Å². The summed E-state index contributed by atoms with van der Waals surface area (Å²) in [6.07, 6.45) is 5.92. The molecule has 6 nitrogen and oxygen atoms in total. The fourth-order valence-corrected chi connectivity index (χ4v) is 3.40. The van der Waals surface area contributed by atoms with Crippen LogP contribution in [0.25, 0.3) is 0 Å². The first-order valence-corrected chi connectivity index (χ1v) is 8.41. The predicted molar refractivity (Wildman–Crippen MR) is 88.6 cm³/mol. The number of hydrogen-bond donors (Lipinski definition) is 0. The maximum atomic E-state index is 13.0. The van der Waals surface area contributed by atoms with Crippen molar-refractivity contribution in [2.24, 2.45) is 0 Å². The zero-order valence-electron chi connectivity index (χ0n) is 13.8. The van der Waals surface area contributed by atoms with Crippen molar-refractivity contribution in [2.75, 3.05) is 26.3 Å². The average Bonchev–Trinajstić information content (AvgIpc) is 3.07. The largest absolute Gasteiger partial charge is 0.486 e. The molecule has 6 heteroatoms. The van der Waals surface area contributed by atoms with E-state index in [2.05, 4.69) is 5.10 Å². The molecule has 3 heterocycles. The lowest BCUT2D eigenvalue weighted by molar-refractivity contribution is 0.0663. The van der Waals surface area contributed by atoms with Gasteiger partial charge in [0, 0.05) is 19.3 Å². The monoisotopic (exact) mass is 327 g/mol. The molecule has 0 bridgehead atoms. The second-order valence-electron chi connectivity index (χ2n) is 6.37. The summed E-state index contributed by atoms with van der Waals surface area (Å²) in [4.78, 5) is 14.9. The molecule has 2 aromatic rings. The van der Waals surface area contributed by atoms with E-state index in [1.807, 2.05) is 47.1 Å². The van der Waals surface area contributed by atoms with Gasteiger partial charge in [0.25, 0.3) is 5.91 Å². The van der Waals surface area contributed by atoms with Crippen molar-refractivity contribution in [3.8, 4) is 11.5 Å². The van der Waals surface area contributed by atoms with Gasteiger partial charge in [-0.05, 0) is 37.5 Å². The van der Waals surface area contributed by atoms with Gasteiger partial charge >= 0.3 is 0 Å². The number of para-hydroxylation sites is 1. The van der Waals surface area contributed by atoms with E-state index < -0.39 is 0 Å². The molecule has 1 saturated heterocycles. The summed E-state index contributed by atoms with van der Waals surface area (Å²) >= 11 is 0. The van der Waals surface area contributed by atoms with Gasteiger partial charge in [-0.1, -0.05) is 6.07 Å². The van der Waals surface area contributed by atoms with E-state index in [1.165, 1.54) is 0 Å². The van der Waals surface area contributed by atoms with Crippen LogP contribution in [0.3, 0.4) is 0 Å². The summed E-state index contributed by atoms with van der Waals surface area (Å²) in [6, 6.07) is 5.74. The Balaban J connectivity index is 1.56. The molecule has 4 rings (SSSR count). The molecule has 1 aromatic carbocycles. The lowest BCUT2D eigenvalue weighted by Gasteiger charge is -2.33. The van der Waals surface area contributed by atoms with Crippen molar-refractivity contribution < 1.29 is 14.3 Å². The lowest BCUT2D eigenvalue weighted by atomic mass is 10.0. The number of carbonyl (C=O) groups is 1. The number of aromatic nitrogens is 2. The van der Waals surface area contributed by atoms with Crippen molar-refractivity contribution in [2.45, 2.75) is 25.8 Å². The van der Waals surface area contributed by atoms with Crippen molar-refractivity contribution in [1.82, 2.24) is 14.7 Å². The van der Waals surface area contributed by atoms with Crippen molar-refractivity contribution in [3.63, 3.8) is 0 Å². The Hall–Kier alpha value is -2.50. The van der Waals surface area contributed by atoms with Crippen LogP contribution in [0, 0.1) is 6.92 Å². The van der Waals surface area contributed by atoms with Gasteiger partial charge < -0.3 is 14.4 Å². The Morgan fingerprint density at radius 3 is 3.00 bits per heavy atom. The Morgan fingerprint density at radius 1 is 1.29 bits per heavy atom. The average molecular weight is 327 g/mol. The van der Waals surface area contributed by atoms with Gasteiger partial charge in [0.2, 0.25) is 0 Å². The number of carbonyl (C=O) groups excluding carboxylic acids is 1. The van der Waals surface area contributed by atoms with Crippen molar-refractivity contribution >= 4 is 5.91 Å². The van der Waals surface area contributed by atoms with Gasteiger partial charge in [-0.25, -0.2) is 0 Å². The van der Waals surface area contributed by atoms with E-state index in [-0.39, 0.29) is 11.9 Å². The molecule has 0 radical (unpaired) electrons. The van der Waals surface area contributed by atoms with Crippen LogP contribution >= 0.6 is 0 Å². The molecule has 24 heavy (non-hydrogen) atoms. The fraction of sp³-hybridized carbons (Fsp3) is 0.444. The minimum atomic E-state index is 0.00549. The minimum Gasteiger partial charge on any atom is -0.486 e. The highest BCUT2D eigenvalue weighted by Gasteiger charge is 2.29. The molecule has 0 spiro atoms. The van der Waals surface area contributed by atoms with Crippen molar-refractivity contribution in [3.05, 3.63) is 41.7 Å². The van der Waals surface area contributed by atoms with Crippen LogP contribution in [-0.4, -0.2) is 46.9 Å². The third kappa shape index (κ3) is 2.72. The topological polar surface area (TPSA) is 56.6 Å². The summed E-state index contributed by atoms with van der Waals surface area (Å²) in [7, 11) is 0. The quantitative estimate of drug-likeness (QED) is 0.850. The van der Waals surface area contributed by atoms with Crippen LogP contribution in [-0.2, 0) is 0 Å². The van der Waals surface area contributed by atoms with Gasteiger partial charge in [-0.15, -0.1) is 0 Å². The number of aryl methyl sites for hydroxylation is 1. The number of fused-ring (bicyclic) bond motifs is 1. The summed E-state index contributed by atoms with van der Waals surface area (Å²) in [6.45, 7) is 4.47. The zero-order chi connectivity index (χ0) is 16.5. The maximum absolute atomic E-state index is 13.0. The maximum Gasteiger partial charge on any atom is 0.257 e. The molecule has 1 atom stereocenters. The molecule has 0 N–H and O–H groups in total. The summed E-state index contributed by atoms with van der Waals surface area (Å²) in [5, 5.41) is 4.41. The Bertz CT molecular complexity index is 756. The SMILES string of the molecule is Cc1cnn([C@@H]2CCCN(C(=O)c3cccc4c3OCCO4)C2)c1. The minimum absolute atomic E-state index is 0.00549. The van der Waals surface area contributed by atoms with Crippen LogP contribution in [0.4, 0.5) is 0 Å². The van der Waals surface area contributed by atoms with E-state index in [4.69, 9.17) is 9.47 Å². The third-order valence-electron chi connectivity index (χ3n) is 4.59. The second kappa shape index (κ2) is 6.19. The Kier molecular flexibility index (Phi) is 3.88. The number of likely N-dealkylation sites (tertiary alicyclic amines) is 1. The highest BCUT2D eigenvalue weighted by Crippen LogP contribution is 2.35. The second-order valence-corrected chi connectivity index (χ2v) is 6.37. The highest BCUT2D eigenvalue weighted by atomic mass is 16.6. The molecule has 1 amide bonds. The van der Waals surface area contributed by atoms with E-state index in [9.17, 15) is 4.79 Å². The van der Waals surface area contributed by atoms with E-state index in [1.54, 1.807) is 0 Å². The number of nitrogens with zero attached hydrogens (tertiary/aromatic N) is 3. The number of rotatable bonds is 2. The number of amides is 1. The zero-order valence-corrected chi connectivity index (χ0v) is 13.8. The first-order valence-electron chi connectivity index (χ1n) is 8.41. The number of benzene rings is 1. The lowest BCUT2D eigenvalue weighted by Crippen LogP contribution is -2.41. The standard InChI is InChI=1S/C18H21N3O3/c1-13-10-19-21(11-13)14-4-3-7-20(12-14)18(22)15-5-2-6-16-17(15)24-9-8-23-16/h2,5-6,10-11,14H,3-4,7-9,12H2,1H3/t14-/m1/s1. The van der Waals surface area contributed by atoms with Crippen LogP contribution in [0.5, 0.6) is 11.5 Å². The number of ether oxygens (including phenoxy) is 2. The summed E-state index contributed by atoms with van der Waals surface area (Å²) in [5.74, 6) is 1.24. The van der Waals surface area contributed by atoms with E-state index in [0.29, 0.717) is 36.8 Å². The van der Waals surface area contributed by atoms with Gasteiger partial charge in [-0.2, -0.15) is 5.10 Å². The summed E-state index contributed by atoms with van der Waals surface area (Å²) < 4.78 is 13.3. The number of hydrogen-bond acceptors (Lipinski definition) is 4. The van der Waals surface area contributed by atoms with Gasteiger partial charge in [0.15, 0.2) is 11.5 Å². The van der Waals surface area contributed by atoms with Gasteiger partial charge in [0.1, 0.15) is 13.2 Å². The predicted octanol–water partition coefficient (Wildman–Crippen LogP) is 2.44. The van der Waals surface area contributed by atoms with Crippen LogP contribution in [0.2, 0.25) is 0 Å². The van der Waals surface area contributed by atoms with Crippen LogP contribution < -0.4 is 9.47 Å². The van der Waals surface area contributed by atoms with Crippen LogP contribution in [0.1, 0.15) is 34.8 Å². The van der Waals surface area contributed by atoms with Gasteiger partial charge in [0.05, 0.1) is 17.8 Å². The molecule has 2 aliphatic heterocycles. The van der Waals surface area contributed by atoms with Crippen LogP contribution in [0.15, 0.2) is 30.6 Å². The molecule has 0 aliphatic carbocycles. The molecule has 1 aromatic heterocycles. The Morgan fingerprint density at radius 2 is 2.17 bits per heavy atom. The van der Waals surface area contributed by atoms with E-state index in [0.717, 1.165) is 24.9 Å².